The van der Waals surface area contributed by atoms with Crippen molar-refractivity contribution < 1.29 is 19.4 Å². The second-order valence-corrected chi connectivity index (χ2v) is 13.7. The Morgan fingerprint density at radius 3 is 2.15 bits per heavy atom. The number of benzene rings is 2. The van der Waals surface area contributed by atoms with Crippen LogP contribution in [0.1, 0.15) is 76.8 Å². The van der Waals surface area contributed by atoms with Gasteiger partial charge in [0.2, 0.25) is 0 Å². The number of carbonyl (C=O) groups excluding carboxylic acids is 1. The van der Waals surface area contributed by atoms with Gasteiger partial charge in [-0.2, -0.15) is 0 Å². The van der Waals surface area contributed by atoms with Gasteiger partial charge in [-0.3, -0.25) is 4.79 Å². The number of aliphatic hydroxyl groups excluding tert-OH is 1. The van der Waals surface area contributed by atoms with E-state index < -0.39 is 6.10 Å². The second-order valence-electron chi connectivity index (χ2n) is 13.7. The minimum absolute atomic E-state index is 0.0955. The lowest BCUT2D eigenvalue weighted by atomic mass is 9.43. The maximum atomic E-state index is 12.8. The van der Waals surface area contributed by atoms with Crippen LogP contribution in [0, 0.1) is 40.4 Å². The minimum Gasteiger partial charge on any atom is -0.392 e. The predicted octanol–water partition coefficient (Wildman–Crippen LogP) is 6.99. The molecule has 210 valence electrons. The number of fused-ring (bicyclic) bond motifs is 5. The zero-order valence-corrected chi connectivity index (χ0v) is 23.9. The van der Waals surface area contributed by atoms with E-state index in [4.69, 9.17) is 9.47 Å². The van der Waals surface area contributed by atoms with Crippen molar-refractivity contribution in [3.05, 3.63) is 71.8 Å². The lowest BCUT2D eigenvalue weighted by Gasteiger charge is -2.63. The lowest BCUT2D eigenvalue weighted by Crippen LogP contribution is -2.60. The van der Waals surface area contributed by atoms with Crippen LogP contribution in [0.2, 0.25) is 0 Å². The largest absolute Gasteiger partial charge is 0.392 e. The number of ketones is 1. The first-order valence-electron chi connectivity index (χ1n) is 15.3. The predicted molar refractivity (Wildman–Crippen MR) is 153 cm³/mol. The Bertz CT molecular complexity index is 1130. The number of Topliss-reactive ketones (excluding diaryl/α,β-unsaturated/α-hetero) is 1. The maximum absolute atomic E-state index is 12.8. The van der Waals surface area contributed by atoms with Crippen molar-refractivity contribution in [3.8, 4) is 0 Å². The summed E-state index contributed by atoms with van der Waals surface area (Å²) in [7, 11) is 0. The van der Waals surface area contributed by atoms with Gasteiger partial charge in [0.1, 0.15) is 5.78 Å². The van der Waals surface area contributed by atoms with Crippen molar-refractivity contribution in [2.24, 2.45) is 40.4 Å². The van der Waals surface area contributed by atoms with Gasteiger partial charge >= 0.3 is 0 Å². The van der Waals surface area contributed by atoms with Gasteiger partial charge in [0.25, 0.3) is 0 Å². The zero-order valence-electron chi connectivity index (χ0n) is 23.9. The summed E-state index contributed by atoms with van der Waals surface area (Å²) < 4.78 is 13.4. The summed E-state index contributed by atoms with van der Waals surface area (Å²) in [6, 6.07) is 21.0. The van der Waals surface area contributed by atoms with Gasteiger partial charge in [-0.15, -0.1) is 0 Å². The molecule has 4 nitrogen and oxygen atoms in total. The first-order chi connectivity index (χ1) is 18.8. The van der Waals surface area contributed by atoms with Crippen molar-refractivity contribution in [2.45, 2.75) is 97.2 Å². The Morgan fingerprint density at radius 2 is 1.51 bits per heavy atom. The molecule has 0 aliphatic heterocycles. The van der Waals surface area contributed by atoms with Gasteiger partial charge in [-0.1, -0.05) is 74.5 Å². The van der Waals surface area contributed by atoms with Crippen LogP contribution < -0.4 is 0 Å². The quantitative estimate of drug-likeness (QED) is 0.419. The summed E-state index contributed by atoms with van der Waals surface area (Å²) >= 11 is 0. The highest BCUT2D eigenvalue weighted by atomic mass is 16.5. The normalized spacial score (nSPS) is 41.3. The number of hydrogen-bond acceptors (Lipinski definition) is 4. The number of carbonyl (C=O) groups is 1. The van der Waals surface area contributed by atoms with Crippen molar-refractivity contribution in [2.75, 3.05) is 0 Å². The summed E-state index contributed by atoms with van der Waals surface area (Å²) in [6.45, 7) is 7.80. The Balaban J connectivity index is 1.25. The molecule has 4 heteroatoms. The standard InChI is InChI=1S/C35H46O4/c1-23(36)32-30(37)19-29-28-15-14-26-18-27(38-21-24-10-6-4-7-11-24)16-17-34(26,2)33(28)31(20-35(29,32)3)39-22-25-12-8-5-9-13-25/h4-13,26-33,37H,14-22H2,1-3H3/t26-,27+,28-,29-,30-,31-,32-,33+,34-,35-/m0/s1. The van der Waals surface area contributed by atoms with Crippen LogP contribution in [0.25, 0.3) is 0 Å². The maximum Gasteiger partial charge on any atom is 0.136 e. The van der Waals surface area contributed by atoms with Gasteiger partial charge in [-0.25, -0.2) is 0 Å². The molecule has 0 spiro atoms. The Kier molecular flexibility index (Phi) is 7.50. The lowest BCUT2D eigenvalue weighted by molar-refractivity contribution is -0.199. The number of ether oxygens (including phenoxy) is 2. The van der Waals surface area contributed by atoms with Crippen molar-refractivity contribution >= 4 is 5.78 Å². The molecule has 2 aromatic rings. The smallest absolute Gasteiger partial charge is 0.136 e. The molecule has 39 heavy (non-hydrogen) atoms. The molecule has 0 heterocycles. The first kappa shape index (κ1) is 27.2. The van der Waals surface area contributed by atoms with E-state index >= 15 is 0 Å². The molecule has 10 atom stereocenters. The van der Waals surface area contributed by atoms with Gasteiger partial charge in [0.15, 0.2) is 0 Å². The SMILES string of the molecule is CC(=O)[C@H]1[C@@H](O)C[C@H]2[C@@H]3CC[C@H]4C[C@H](OCc5ccccc5)CC[C@]4(C)[C@H]3[C@@H](OCc3ccccc3)C[C@@]21C. The molecular formula is C35H46O4. The fourth-order valence-corrected chi connectivity index (χ4v) is 9.93. The number of aliphatic hydroxyl groups is 1. The van der Waals surface area contributed by atoms with Gasteiger partial charge in [0.05, 0.1) is 31.5 Å². The van der Waals surface area contributed by atoms with Crippen molar-refractivity contribution in [3.63, 3.8) is 0 Å². The van der Waals surface area contributed by atoms with Gasteiger partial charge < -0.3 is 14.6 Å². The zero-order chi connectivity index (χ0) is 27.2. The van der Waals surface area contributed by atoms with Gasteiger partial charge in [-0.05, 0) is 97.5 Å². The highest BCUT2D eigenvalue weighted by Crippen LogP contribution is 2.68. The van der Waals surface area contributed by atoms with Crippen LogP contribution in [-0.2, 0) is 27.5 Å². The molecule has 4 aliphatic carbocycles. The summed E-state index contributed by atoms with van der Waals surface area (Å²) in [6.07, 6.45) is 7.25. The summed E-state index contributed by atoms with van der Waals surface area (Å²) in [5, 5.41) is 11.1. The monoisotopic (exact) mass is 530 g/mol. The molecule has 6 rings (SSSR count). The van der Waals surface area contributed by atoms with Crippen LogP contribution in [0.5, 0.6) is 0 Å². The van der Waals surface area contributed by atoms with Crippen molar-refractivity contribution in [1.29, 1.82) is 0 Å². The molecule has 0 amide bonds. The topological polar surface area (TPSA) is 55.8 Å². The molecule has 0 aromatic heterocycles. The number of hydrogen-bond donors (Lipinski definition) is 1. The van der Waals surface area contributed by atoms with Crippen LogP contribution >= 0.6 is 0 Å². The van der Waals surface area contributed by atoms with E-state index in [2.05, 4.69) is 68.4 Å². The first-order valence-corrected chi connectivity index (χ1v) is 15.3. The van der Waals surface area contributed by atoms with E-state index in [0.29, 0.717) is 43.0 Å². The fraction of sp³-hybridized carbons (Fsp3) is 0.629. The average Bonchev–Trinajstić information content (AvgIpc) is 3.21. The molecule has 4 fully saturated rings. The Morgan fingerprint density at radius 1 is 0.872 bits per heavy atom. The van der Waals surface area contributed by atoms with E-state index in [1.54, 1.807) is 6.92 Å². The molecule has 4 aliphatic rings. The van der Waals surface area contributed by atoms with Crippen LogP contribution in [0.15, 0.2) is 60.7 Å². The molecule has 1 N–H and O–H groups in total. The fourth-order valence-electron chi connectivity index (χ4n) is 9.93. The molecule has 0 bridgehead atoms. The van der Waals surface area contributed by atoms with Crippen molar-refractivity contribution in [1.82, 2.24) is 0 Å². The van der Waals surface area contributed by atoms with Crippen LogP contribution in [0.4, 0.5) is 0 Å². The molecule has 4 saturated carbocycles. The summed E-state index contributed by atoms with van der Waals surface area (Å²) in [5.41, 5.74) is 2.44. The second kappa shape index (κ2) is 10.8. The molecule has 0 radical (unpaired) electrons. The third-order valence-electron chi connectivity index (χ3n) is 11.6. The molecule has 2 aromatic carbocycles. The molecular weight excluding hydrogens is 484 g/mol. The molecule has 0 saturated heterocycles. The van der Waals surface area contributed by atoms with Crippen LogP contribution in [0.3, 0.4) is 0 Å². The average molecular weight is 531 g/mol. The van der Waals surface area contributed by atoms with Gasteiger partial charge in [0, 0.05) is 5.92 Å². The molecule has 0 unspecified atom stereocenters. The third kappa shape index (κ3) is 4.91. The Hall–Kier alpha value is -2.01. The summed E-state index contributed by atoms with van der Waals surface area (Å²) in [5.74, 6) is 1.81. The van der Waals surface area contributed by atoms with E-state index in [0.717, 1.165) is 32.1 Å². The third-order valence-corrected chi connectivity index (χ3v) is 11.6. The van der Waals surface area contributed by atoms with E-state index in [1.165, 1.54) is 24.0 Å². The highest BCUT2D eigenvalue weighted by molar-refractivity contribution is 5.80. The highest BCUT2D eigenvalue weighted by Gasteiger charge is 2.66. The number of rotatable bonds is 7. The van der Waals surface area contributed by atoms with E-state index in [9.17, 15) is 9.90 Å². The Labute approximate surface area is 234 Å². The van der Waals surface area contributed by atoms with Crippen LogP contribution in [-0.4, -0.2) is 29.2 Å². The van der Waals surface area contributed by atoms with E-state index in [-0.39, 0.29) is 28.6 Å². The summed E-state index contributed by atoms with van der Waals surface area (Å²) in [4.78, 5) is 12.8. The minimum atomic E-state index is -0.529. The van der Waals surface area contributed by atoms with E-state index in [1.807, 2.05) is 6.07 Å².